The molecule has 3 aromatic rings. The monoisotopic (exact) mass is 426 g/mol. The Hall–Kier alpha value is -3.10. The van der Waals surface area contributed by atoms with E-state index in [2.05, 4.69) is 9.88 Å². The van der Waals surface area contributed by atoms with Gasteiger partial charge in [0, 0.05) is 57.7 Å². The molecule has 0 radical (unpaired) electrons. The normalized spacial score (nSPS) is 15.8. The number of nitrogens with zero attached hydrogens (tertiary/aromatic N) is 4. The zero-order valence-corrected chi connectivity index (χ0v) is 17.7. The predicted molar refractivity (Wildman–Crippen MR) is 116 cm³/mol. The number of imidazole rings is 1. The van der Waals surface area contributed by atoms with Crippen LogP contribution in [0.4, 0.5) is 10.1 Å². The van der Waals surface area contributed by atoms with Crippen molar-refractivity contribution in [2.24, 2.45) is 7.05 Å². The summed E-state index contributed by atoms with van der Waals surface area (Å²) in [4.78, 5) is 8.49. The summed E-state index contributed by atoms with van der Waals surface area (Å²) in [6.07, 6.45) is 2.37. The minimum atomic E-state index is -1.01. The summed E-state index contributed by atoms with van der Waals surface area (Å²) >= 11 is 0. The highest BCUT2D eigenvalue weighted by atomic mass is 19.1. The molecule has 2 heterocycles. The molecule has 1 aliphatic rings. The van der Waals surface area contributed by atoms with Gasteiger partial charge < -0.3 is 24.4 Å². The lowest BCUT2D eigenvalue weighted by molar-refractivity contribution is 0.205. The zero-order chi connectivity index (χ0) is 22.0. The second-order valence-electron chi connectivity index (χ2n) is 7.75. The highest BCUT2D eigenvalue weighted by Crippen LogP contribution is 2.33. The maximum Gasteiger partial charge on any atom is 0.160 e. The van der Waals surface area contributed by atoms with Crippen LogP contribution in [-0.2, 0) is 13.6 Å². The molecular weight excluding hydrogens is 399 g/mol. The molecule has 0 aliphatic carbocycles. The molecule has 8 heteroatoms. The smallest absolute Gasteiger partial charge is 0.160 e. The SMILES string of the molecule is COc1cc(CN2CCN(c3c(F)cccc3[C@H](O)c3nccn3C)CC2)ccc1O. The van der Waals surface area contributed by atoms with Crippen molar-refractivity contribution in [3.8, 4) is 11.5 Å². The van der Waals surface area contributed by atoms with E-state index < -0.39 is 6.10 Å². The Morgan fingerprint density at radius 2 is 1.94 bits per heavy atom. The molecule has 1 fully saturated rings. The van der Waals surface area contributed by atoms with Gasteiger partial charge in [-0.05, 0) is 23.8 Å². The van der Waals surface area contributed by atoms with E-state index in [1.165, 1.54) is 13.2 Å². The molecule has 2 N–H and O–H groups in total. The first kappa shape index (κ1) is 21.1. The van der Waals surface area contributed by atoms with Crippen LogP contribution in [0.3, 0.4) is 0 Å². The van der Waals surface area contributed by atoms with Gasteiger partial charge in [0.1, 0.15) is 17.7 Å². The van der Waals surface area contributed by atoms with Crippen molar-refractivity contribution in [2.45, 2.75) is 12.6 Å². The number of hydrogen-bond donors (Lipinski definition) is 2. The molecule has 2 aromatic carbocycles. The fraction of sp³-hybridized carbons (Fsp3) is 0.348. The van der Waals surface area contributed by atoms with Crippen LogP contribution in [0.1, 0.15) is 23.1 Å². The van der Waals surface area contributed by atoms with Crippen molar-refractivity contribution in [3.05, 3.63) is 71.6 Å². The Morgan fingerprint density at radius 1 is 1.16 bits per heavy atom. The number of aromatic hydroxyl groups is 1. The average molecular weight is 426 g/mol. The van der Waals surface area contributed by atoms with E-state index in [0.29, 0.717) is 42.5 Å². The summed E-state index contributed by atoms with van der Waals surface area (Å²) in [5.41, 5.74) is 2.00. The number of phenolic OH excluding ortho intramolecular Hbond substituents is 1. The summed E-state index contributed by atoms with van der Waals surface area (Å²) < 4.78 is 21.8. The molecule has 1 aromatic heterocycles. The van der Waals surface area contributed by atoms with E-state index in [9.17, 15) is 14.6 Å². The number of anilines is 1. The number of ether oxygens (including phenoxy) is 1. The van der Waals surface area contributed by atoms with Crippen molar-refractivity contribution in [2.75, 3.05) is 38.2 Å². The Labute approximate surface area is 180 Å². The molecular formula is C23H27FN4O3. The molecule has 164 valence electrons. The van der Waals surface area contributed by atoms with E-state index in [0.717, 1.165) is 18.7 Å². The number of aliphatic hydroxyl groups is 1. The topological polar surface area (TPSA) is 74.0 Å². The van der Waals surface area contributed by atoms with Crippen LogP contribution in [0.25, 0.3) is 0 Å². The van der Waals surface area contributed by atoms with Crippen molar-refractivity contribution < 1.29 is 19.3 Å². The van der Waals surface area contributed by atoms with E-state index in [1.807, 2.05) is 24.1 Å². The fourth-order valence-electron chi connectivity index (χ4n) is 4.07. The maximum absolute atomic E-state index is 14.9. The molecule has 0 bridgehead atoms. The molecule has 0 spiro atoms. The van der Waals surface area contributed by atoms with Gasteiger partial charge in [0.2, 0.25) is 0 Å². The Bertz CT molecular complexity index is 1050. The second kappa shape index (κ2) is 8.95. The van der Waals surface area contributed by atoms with Crippen LogP contribution in [0.15, 0.2) is 48.8 Å². The minimum absolute atomic E-state index is 0.120. The first-order valence-corrected chi connectivity index (χ1v) is 10.2. The number of aliphatic hydroxyl groups excluding tert-OH is 1. The Morgan fingerprint density at radius 3 is 2.61 bits per heavy atom. The number of methoxy groups -OCH3 is 1. The van der Waals surface area contributed by atoms with Crippen LogP contribution < -0.4 is 9.64 Å². The number of benzene rings is 2. The summed E-state index contributed by atoms with van der Waals surface area (Å²) in [5, 5.41) is 20.7. The summed E-state index contributed by atoms with van der Waals surface area (Å²) in [6.45, 7) is 3.47. The first-order valence-electron chi connectivity index (χ1n) is 10.2. The summed E-state index contributed by atoms with van der Waals surface area (Å²) in [7, 11) is 3.34. The highest BCUT2D eigenvalue weighted by Gasteiger charge is 2.26. The van der Waals surface area contributed by atoms with E-state index in [-0.39, 0.29) is 11.6 Å². The third-order valence-corrected chi connectivity index (χ3v) is 5.75. The third-order valence-electron chi connectivity index (χ3n) is 5.75. The van der Waals surface area contributed by atoms with Gasteiger partial charge in [0.25, 0.3) is 0 Å². The number of halogens is 1. The van der Waals surface area contributed by atoms with Crippen molar-refractivity contribution in [3.63, 3.8) is 0 Å². The molecule has 1 atom stereocenters. The number of aryl methyl sites for hydroxylation is 1. The number of rotatable bonds is 6. The number of phenols is 1. The quantitative estimate of drug-likeness (QED) is 0.631. The van der Waals surface area contributed by atoms with Crippen LogP contribution in [0.2, 0.25) is 0 Å². The molecule has 0 saturated carbocycles. The number of hydrogen-bond acceptors (Lipinski definition) is 6. The Balaban J connectivity index is 1.48. The highest BCUT2D eigenvalue weighted by molar-refractivity contribution is 5.57. The lowest BCUT2D eigenvalue weighted by Crippen LogP contribution is -2.46. The van der Waals surface area contributed by atoms with Crippen LogP contribution in [0.5, 0.6) is 11.5 Å². The van der Waals surface area contributed by atoms with E-state index in [4.69, 9.17) is 4.74 Å². The standard InChI is InChI=1S/C23H27FN4O3/c1-26-9-8-25-23(26)22(30)17-4-3-5-18(24)21(17)28-12-10-27(11-13-28)15-16-6-7-19(29)20(14-16)31-2/h3-9,14,22,29-30H,10-13,15H2,1-2H3/t22-/m0/s1. The average Bonchev–Trinajstić information content (AvgIpc) is 3.21. The molecule has 31 heavy (non-hydrogen) atoms. The maximum atomic E-state index is 14.9. The van der Waals surface area contributed by atoms with Gasteiger partial charge >= 0.3 is 0 Å². The number of para-hydroxylation sites is 1. The summed E-state index contributed by atoms with van der Waals surface area (Å²) in [5.74, 6) is 0.707. The van der Waals surface area contributed by atoms with Crippen LogP contribution in [-0.4, -0.2) is 58.0 Å². The molecule has 0 unspecified atom stereocenters. The van der Waals surface area contributed by atoms with Gasteiger partial charge in [-0.1, -0.05) is 18.2 Å². The predicted octanol–water partition coefficient (Wildman–Crippen LogP) is 2.68. The largest absolute Gasteiger partial charge is 0.504 e. The second-order valence-corrected chi connectivity index (χ2v) is 7.75. The Kier molecular flexibility index (Phi) is 6.11. The zero-order valence-electron chi connectivity index (χ0n) is 17.7. The fourth-order valence-corrected chi connectivity index (χ4v) is 4.07. The van der Waals surface area contributed by atoms with Gasteiger partial charge in [-0.25, -0.2) is 9.37 Å². The molecule has 4 rings (SSSR count). The van der Waals surface area contributed by atoms with Gasteiger partial charge in [0.05, 0.1) is 12.8 Å². The summed E-state index contributed by atoms with van der Waals surface area (Å²) in [6, 6.07) is 10.2. The lowest BCUT2D eigenvalue weighted by atomic mass is 10.0. The van der Waals surface area contributed by atoms with Gasteiger partial charge in [-0.3, -0.25) is 4.90 Å². The van der Waals surface area contributed by atoms with Gasteiger partial charge in [0.15, 0.2) is 11.5 Å². The van der Waals surface area contributed by atoms with Crippen LogP contribution >= 0.6 is 0 Å². The van der Waals surface area contributed by atoms with Crippen molar-refractivity contribution >= 4 is 5.69 Å². The van der Waals surface area contributed by atoms with Gasteiger partial charge in [-0.2, -0.15) is 0 Å². The van der Waals surface area contributed by atoms with Crippen molar-refractivity contribution in [1.82, 2.24) is 14.5 Å². The van der Waals surface area contributed by atoms with E-state index in [1.54, 1.807) is 35.2 Å². The number of piperazine rings is 1. The van der Waals surface area contributed by atoms with Gasteiger partial charge in [-0.15, -0.1) is 0 Å². The molecule has 0 amide bonds. The van der Waals surface area contributed by atoms with E-state index >= 15 is 0 Å². The first-order chi connectivity index (χ1) is 15.0. The third kappa shape index (κ3) is 4.35. The van der Waals surface area contributed by atoms with Crippen LogP contribution in [0, 0.1) is 5.82 Å². The van der Waals surface area contributed by atoms with Crippen molar-refractivity contribution in [1.29, 1.82) is 0 Å². The number of aromatic nitrogens is 2. The molecule has 1 saturated heterocycles. The molecule has 1 aliphatic heterocycles. The lowest BCUT2D eigenvalue weighted by Gasteiger charge is -2.37. The molecule has 7 nitrogen and oxygen atoms in total. The minimum Gasteiger partial charge on any atom is -0.504 e.